The fourth-order valence-corrected chi connectivity index (χ4v) is 3.09. The highest BCUT2D eigenvalue weighted by Gasteiger charge is 2.21. The molecule has 0 heterocycles. The van der Waals surface area contributed by atoms with Crippen LogP contribution in [0, 0.1) is 5.92 Å². The van der Waals surface area contributed by atoms with Gasteiger partial charge in [0.15, 0.2) is 0 Å². The highest BCUT2D eigenvalue weighted by molar-refractivity contribution is 5.27. The van der Waals surface area contributed by atoms with E-state index >= 15 is 0 Å². The van der Waals surface area contributed by atoms with Crippen LogP contribution in [0.2, 0.25) is 0 Å². The van der Waals surface area contributed by atoms with E-state index < -0.39 is 0 Å². The number of methoxy groups -OCH3 is 1. The van der Waals surface area contributed by atoms with E-state index in [-0.39, 0.29) is 0 Å². The number of hydrogen-bond donors (Lipinski definition) is 2. The summed E-state index contributed by atoms with van der Waals surface area (Å²) < 4.78 is 5.18. The van der Waals surface area contributed by atoms with Gasteiger partial charge in [0.2, 0.25) is 0 Å². The van der Waals surface area contributed by atoms with Gasteiger partial charge in [-0.1, -0.05) is 12.1 Å². The molecule has 20 heavy (non-hydrogen) atoms. The Balaban J connectivity index is 1.76. The van der Waals surface area contributed by atoms with E-state index in [1.807, 2.05) is 12.1 Å². The molecule has 112 valence electrons. The summed E-state index contributed by atoms with van der Waals surface area (Å²) in [5.41, 5.74) is 1.34. The van der Waals surface area contributed by atoms with E-state index in [4.69, 9.17) is 9.84 Å². The Bertz CT molecular complexity index is 382. The van der Waals surface area contributed by atoms with Crippen molar-refractivity contribution in [3.63, 3.8) is 0 Å². The van der Waals surface area contributed by atoms with Crippen LogP contribution in [0.1, 0.15) is 38.2 Å². The minimum absolute atomic E-state index is 0.355. The Kier molecular flexibility index (Phi) is 5.86. The second-order valence-electron chi connectivity index (χ2n) is 6.02. The third kappa shape index (κ3) is 4.50. The standard InChI is InChI=1S/C17H27NO2/c1-13(11-14-5-9-17(20-2)10-6-14)18-16-7-3-15(12-19)4-8-16/h5-6,9-10,13,15-16,18-19H,3-4,7-8,11-12H2,1-2H3. The molecule has 0 amide bonds. The maximum Gasteiger partial charge on any atom is 0.118 e. The Morgan fingerprint density at radius 1 is 1.20 bits per heavy atom. The van der Waals surface area contributed by atoms with Gasteiger partial charge in [0.1, 0.15) is 5.75 Å². The zero-order valence-electron chi connectivity index (χ0n) is 12.6. The van der Waals surface area contributed by atoms with Crippen molar-refractivity contribution < 1.29 is 9.84 Å². The molecule has 0 bridgehead atoms. The number of benzene rings is 1. The predicted molar refractivity (Wildman–Crippen MR) is 82.1 cm³/mol. The summed E-state index contributed by atoms with van der Waals surface area (Å²) in [5.74, 6) is 1.45. The fourth-order valence-electron chi connectivity index (χ4n) is 3.09. The monoisotopic (exact) mass is 277 g/mol. The Morgan fingerprint density at radius 3 is 2.40 bits per heavy atom. The van der Waals surface area contributed by atoms with Crippen molar-refractivity contribution in [2.45, 2.75) is 51.1 Å². The van der Waals surface area contributed by atoms with Gasteiger partial charge in [-0.15, -0.1) is 0 Å². The molecule has 3 heteroatoms. The second-order valence-corrected chi connectivity index (χ2v) is 6.02. The molecule has 1 aromatic carbocycles. The van der Waals surface area contributed by atoms with E-state index in [0.29, 0.717) is 24.6 Å². The zero-order valence-corrected chi connectivity index (χ0v) is 12.6. The molecular formula is C17H27NO2. The molecule has 3 nitrogen and oxygen atoms in total. The maximum absolute atomic E-state index is 9.17. The first-order chi connectivity index (χ1) is 9.71. The summed E-state index contributed by atoms with van der Waals surface area (Å²) in [6.07, 6.45) is 5.74. The molecule has 1 fully saturated rings. The highest BCUT2D eigenvalue weighted by Crippen LogP contribution is 2.24. The van der Waals surface area contributed by atoms with E-state index in [1.54, 1.807) is 7.11 Å². The van der Waals surface area contributed by atoms with Crippen LogP contribution in [0.4, 0.5) is 0 Å². The average molecular weight is 277 g/mol. The minimum atomic E-state index is 0.355. The van der Waals surface area contributed by atoms with Gasteiger partial charge in [-0.05, 0) is 62.6 Å². The minimum Gasteiger partial charge on any atom is -0.497 e. The number of ether oxygens (including phenoxy) is 1. The van der Waals surface area contributed by atoms with Gasteiger partial charge in [-0.2, -0.15) is 0 Å². The average Bonchev–Trinajstić information content (AvgIpc) is 2.49. The highest BCUT2D eigenvalue weighted by atomic mass is 16.5. The number of aliphatic hydroxyl groups excluding tert-OH is 1. The third-order valence-electron chi connectivity index (χ3n) is 4.33. The van der Waals surface area contributed by atoms with Crippen molar-refractivity contribution in [1.29, 1.82) is 0 Å². The lowest BCUT2D eigenvalue weighted by molar-refractivity contribution is 0.172. The molecule has 0 saturated heterocycles. The molecule has 0 aromatic heterocycles. The summed E-state index contributed by atoms with van der Waals surface area (Å²) in [7, 11) is 1.70. The van der Waals surface area contributed by atoms with Gasteiger partial charge in [0, 0.05) is 18.7 Å². The fraction of sp³-hybridized carbons (Fsp3) is 0.647. The van der Waals surface area contributed by atoms with Crippen LogP contribution < -0.4 is 10.1 Å². The van der Waals surface area contributed by atoms with Gasteiger partial charge in [-0.3, -0.25) is 0 Å². The molecule has 1 atom stereocenters. The smallest absolute Gasteiger partial charge is 0.118 e. The molecule has 1 aromatic rings. The first-order valence-corrected chi connectivity index (χ1v) is 7.71. The summed E-state index contributed by atoms with van der Waals surface area (Å²) >= 11 is 0. The van der Waals surface area contributed by atoms with E-state index in [1.165, 1.54) is 18.4 Å². The third-order valence-corrected chi connectivity index (χ3v) is 4.33. The second kappa shape index (κ2) is 7.65. The first kappa shape index (κ1) is 15.3. The molecule has 1 unspecified atom stereocenters. The lowest BCUT2D eigenvalue weighted by Crippen LogP contribution is -2.40. The lowest BCUT2D eigenvalue weighted by atomic mass is 9.86. The molecule has 1 saturated carbocycles. The van der Waals surface area contributed by atoms with E-state index in [9.17, 15) is 0 Å². The van der Waals surface area contributed by atoms with Crippen molar-refractivity contribution >= 4 is 0 Å². The molecule has 2 rings (SSSR count). The number of nitrogens with one attached hydrogen (secondary N) is 1. The quantitative estimate of drug-likeness (QED) is 0.840. The SMILES string of the molecule is COc1ccc(CC(C)NC2CCC(CO)CC2)cc1. The van der Waals surface area contributed by atoms with Gasteiger partial charge in [-0.25, -0.2) is 0 Å². The van der Waals surface area contributed by atoms with Crippen molar-refractivity contribution in [3.8, 4) is 5.75 Å². The molecule has 0 radical (unpaired) electrons. The van der Waals surface area contributed by atoms with Gasteiger partial charge in [0.25, 0.3) is 0 Å². The Morgan fingerprint density at radius 2 is 1.85 bits per heavy atom. The van der Waals surface area contributed by atoms with Crippen LogP contribution in [0.25, 0.3) is 0 Å². The molecule has 0 spiro atoms. The molecule has 1 aliphatic carbocycles. The van der Waals surface area contributed by atoms with Gasteiger partial charge in [0.05, 0.1) is 7.11 Å². The lowest BCUT2D eigenvalue weighted by Gasteiger charge is -2.30. The first-order valence-electron chi connectivity index (χ1n) is 7.71. The topological polar surface area (TPSA) is 41.5 Å². The summed E-state index contributed by atoms with van der Waals surface area (Å²) in [5, 5.41) is 12.9. The van der Waals surface area contributed by atoms with Crippen molar-refractivity contribution in [1.82, 2.24) is 5.32 Å². The number of rotatable bonds is 6. The van der Waals surface area contributed by atoms with Gasteiger partial charge < -0.3 is 15.2 Å². The van der Waals surface area contributed by atoms with Crippen LogP contribution in [-0.2, 0) is 6.42 Å². The van der Waals surface area contributed by atoms with E-state index in [0.717, 1.165) is 25.0 Å². The largest absolute Gasteiger partial charge is 0.497 e. The molecule has 1 aliphatic rings. The normalized spacial score (nSPS) is 24.4. The van der Waals surface area contributed by atoms with Gasteiger partial charge >= 0.3 is 0 Å². The van der Waals surface area contributed by atoms with E-state index in [2.05, 4.69) is 24.4 Å². The number of aliphatic hydroxyl groups is 1. The number of hydrogen-bond acceptors (Lipinski definition) is 3. The Hall–Kier alpha value is -1.06. The summed E-state index contributed by atoms with van der Waals surface area (Å²) in [6.45, 7) is 2.61. The molecular weight excluding hydrogens is 250 g/mol. The van der Waals surface area contributed by atoms with Crippen LogP contribution in [0.5, 0.6) is 5.75 Å². The maximum atomic E-state index is 9.17. The van der Waals surface area contributed by atoms with Crippen LogP contribution in [-0.4, -0.2) is 30.9 Å². The molecule has 0 aliphatic heterocycles. The summed E-state index contributed by atoms with van der Waals surface area (Å²) in [6, 6.07) is 9.42. The predicted octanol–water partition coefficient (Wildman–Crippen LogP) is 2.77. The zero-order chi connectivity index (χ0) is 14.4. The molecule has 2 N–H and O–H groups in total. The van der Waals surface area contributed by atoms with Crippen molar-refractivity contribution in [2.75, 3.05) is 13.7 Å². The van der Waals surface area contributed by atoms with Crippen LogP contribution >= 0.6 is 0 Å². The van der Waals surface area contributed by atoms with Crippen molar-refractivity contribution in [2.24, 2.45) is 5.92 Å². The van der Waals surface area contributed by atoms with Crippen molar-refractivity contribution in [3.05, 3.63) is 29.8 Å². The summed E-state index contributed by atoms with van der Waals surface area (Å²) in [4.78, 5) is 0. The van der Waals surface area contributed by atoms with Crippen LogP contribution in [0.3, 0.4) is 0 Å². The van der Waals surface area contributed by atoms with Crippen LogP contribution in [0.15, 0.2) is 24.3 Å². The Labute approximate surface area is 122 Å².